The van der Waals surface area contributed by atoms with Gasteiger partial charge in [0.1, 0.15) is 0 Å². The molecule has 0 fully saturated rings. The average Bonchev–Trinajstić information content (AvgIpc) is 1.95. The summed E-state index contributed by atoms with van der Waals surface area (Å²) in [5.41, 5.74) is 0. The Morgan fingerprint density at radius 1 is 1.23 bits per heavy atom. The minimum atomic E-state index is -4.09. The van der Waals surface area contributed by atoms with E-state index in [1.54, 1.807) is 6.07 Å². The molecule has 13 heavy (non-hydrogen) atoms. The maximum absolute atomic E-state index is 10.5. The Hall–Kier alpha value is -0.490. The van der Waals surface area contributed by atoms with Crippen molar-refractivity contribution in [2.75, 3.05) is 0 Å². The molecule has 0 unspecified atom stereocenters. The van der Waals surface area contributed by atoms with Crippen LogP contribution >= 0.6 is 23.2 Å². The van der Waals surface area contributed by atoms with E-state index < -0.39 is 10.3 Å². The number of para-hydroxylation sites is 1. The van der Waals surface area contributed by atoms with Gasteiger partial charge in [-0.15, -0.1) is 0 Å². The Balaban J connectivity index is 3.15. The Morgan fingerprint density at radius 3 is 2.08 bits per heavy atom. The Labute approximate surface area is 85.5 Å². The van der Waals surface area contributed by atoms with Crippen molar-refractivity contribution in [2.24, 2.45) is 5.14 Å². The molecule has 0 atom stereocenters. The van der Waals surface area contributed by atoms with Crippen LogP contribution in [0.1, 0.15) is 0 Å². The van der Waals surface area contributed by atoms with Crippen LogP contribution in [-0.2, 0) is 10.3 Å². The molecule has 4 nitrogen and oxygen atoms in total. The normalized spacial score (nSPS) is 11.3. The van der Waals surface area contributed by atoms with Gasteiger partial charge in [0.2, 0.25) is 0 Å². The molecule has 0 saturated carbocycles. The highest BCUT2D eigenvalue weighted by Gasteiger charge is 2.12. The standard InChI is InChI=1S/C6H5Cl2NO3S/c7-4-2-1-3-5(8)6(4)12-13(9,10)11/h1-3H,(H2,9,10,11). The molecule has 0 radical (unpaired) electrons. The maximum atomic E-state index is 10.5. The van der Waals surface area contributed by atoms with E-state index in [1.807, 2.05) is 0 Å². The summed E-state index contributed by atoms with van der Waals surface area (Å²) in [6, 6.07) is 4.43. The lowest BCUT2D eigenvalue weighted by Crippen LogP contribution is -2.19. The van der Waals surface area contributed by atoms with Crippen molar-refractivity contribution >= 4 is 33.5 Å². The van der Waals surface area contributed by atoms with Crippen molar-refractivity contribution in [1.82, 2.24) is 0 Å². The van der Waals surface area contributed by atoms with E-state index in [0.717, 1.165) is 0 Å². The summed E-state index contributed by atoms with van der Waals surface area (Å²) in [6.45, 7) is 0. The van der Waals surface area contributed by atoms with Crippen LogP contribution in [0.15, 0.2) is 18.2 Å². The second-order valence-corrected chi connectivity index (χ2v) is 4.09. The summed E-state index contributed by atoms with van der Waals surface area (Å²) in [7, 11) is -4.09. The minimum Gasteiger partial charge on any atom is -0.368 e. The van der Waals surface area contributed by atoms with Gasteiger partial charge in [-0.3, -0.25) is 0 Å². The Kier molecular flexibility index (Phi) is 3.02. The first-order valence-corrected chi connectivity index (χ1v) is 5.29. The zero-order chi connectivity index (χ0) is 10.1. The van der Waals surface area contributed by atoms with E-state index in [2.05, 4.69) is 9.32 Å². The van der Waals surface area contributed by atoms with Crippen molar-refractivity contribution < 1.29 is 12.6 Å². The van der Waals surface area contributed by atoms with Gasteiger partial charge in [0.15, 0.2) is 5.75 Å². The minimum absolute atomic E-state index is 0.0847. The number of hydrogen-bond donors (Lipinski definition) is 1. The Bertz CT molecular complexity index is 398. The summed E-state index contributed by atoms with van der Waals surface area (Å²) in [4.78, 5) is 0. The summed E-state index contributed by atoms with van der Waals surface area (Å²) >= 11 is 11.2. The van der Waals surface area contributed by atoms with E-state index in [0.29, 0.717) is 0 Å². The van der Waals surface area contributed by atoms with Crippen LogP contribution in [0.2, 0.25) is 10.0 Å². The maximum Gasteiger partial charge on any atom is 0.380 e. The van der Waals surface area contributed by atoms with Crippen LogP contribution in [-0.4, -0.2) is 8.42 Å². The number of hydrogen-bond acceptors (Lipinski definition) is 3. The molecule has 72 valence electrons. The third kappa shape index (κ3) is 3.04. The highest BCUT2D eigenvalue weighted by molar-refractivity contribution is 7.84. The number of halogens is 2. The zero-order valence-electron chi connectivity index (χ0n) is 6.20. The lowest BCUT2D eigenvalue weighted by atomic mass is 10.3. The zero-order valence-corrected chi connectivity index (χ0v) is 8.53. The van der Waals surface area contributed by atoms with Crippen LogP contribution in [0.4, 0.5) is 0 Å². The molecule has 1 rings (SSSR count). The third-order valence-corrected chi connectivity index (χ3v) is 2.11. The predicted octanol–water partition coefficient (Wildman–Crippen LogP) is 1.58. The molecule has 0 saturated heterocycles. The molecule has 0 aromatic heterocycles. The predicted molar refractivity (Wildman–Crippen MR) is 50.2 cm³/mol. The topological polar surface area (TPSA) is 69.4 Å². The van der Waals surface area contributed by atoms with Crippen molar-refractivity contribution in [3.8, 4) is 5.75 Å². The number of rotatable bonds is 2. The van der Waals surface area contributed by atoms with Gasteiger partial charge in [-0.25, -0.2) is 0 Å². The van der Waals surface area contributed by atoms with Crippen molar-refractivity contribution in [1.29, 1.82) is 0 Å². The molecule has 0 amide bonds. The third-order valence-electron chi connectivity index (χ3n) is 1.12. The highest BCUT2D eigenvalue weighted by Crippen LogP contribution is 2.32. The van der Waals surface area contributed by atoms with Gasteiger partial charge in [-0.1, -0.05) is 29.3 Å². The lowest BCUT2D eigenvalue weighted by molar-refractivity contribution is 0.488. The van der Waals surface area contributed by atoms with Gasteiger partial charge < -0.3 is 4.18 Å². The van der Waals surface area contributed by atoms with Gasteiger partial charge in [-0.2, -0.15) is 13.6 Å². The van der Waals surface area contributed by atoms with E-state index in [4.69, 9.17) is 23.2 Å². The molecule has 0 bridgehead atoms. The smallest absolute Gasteiger partial charge is 0.368 e. The monoisotopic (exact) mass is 241 g/mol. The fourth-order valence-electron chi connectivity index (χ4n) is 0.678. The van der Waals surface area contributed by atoms with Gasteiger partial charge in [0, 0.05) is 0 Å². The highest BCUT2D eigenvalue weighted by atomic mass is 35.5. The number of benzene rings is 1. The van der Waals surface area contributed by atoms with Crippen LogP contribution in [0.3, 0.4) is 0 Å². The van der Waals surface area contributed by atoms with E-state index in [1.165, 1.54) is 12.1 Å². The van der Waals surface area contributed by atoms with Gasteiger partial charge in [0.25, 0.3) is 0 Å². The van der Waals surface area contributed by atoms with E-state index >= 15 is 0 Å². The SMILES string of the molecule is NS(=O)(=O)Oc1c(Cl)cccc1Cl. The molecule has 1 aromatic rings. The second-order valence-electron chi connectivity index (χ2n) is 2.13. The fraction of sp³-hybridized carbons (Fsp3) is 0. The van der Waals surface area contributed by atoms with Crippen LogP contribution in [0.5, 0.6) is 5.75 Å². The molecular weight excluding hydrogens is 237 g/mol. The second kappa shape index (κ2) is 3.71. The molecule has 0 aliphatic carbocycles. The van der Waals surface area contributed by atoms with Crippen LogP contribution in [0.25, 0.3) is 0 Å². The first kappa shape index (κ1) is 10.6. The molecule has 0 heterocycles. The van der Waals surface area contributed by atoms with Gasteiger partial charge in [0.05, 0.1) is 10.0 Å². The number of nitrogens with two attached hydrogens (primary N) is 1. The van der Waals surface area contributed by atoms with Crippen molar-refractivity contribution in [3.05, 3.63) is 28.2 Å². The largest absolute Gasteiger partial charge is 0.380 e. The van der Waals surface area contributed by atoms with E-state index in [-0.39, 0.29) is 15.8 Å². The molecule has 0 spiro atoms. The molecule has 2 N–H and O–H groups in total. The molecule has 0 aliphatic heterocycles. The summed E-state index contributed by atoms with van der Waals surface area (Å²) in [6.07, 6.45) is 0. The quantitative estimate of drug-likeness (QED) is 0.855. The van der Waals surface area contributed by atoms with Crippen molar-refractivity contribution in [2.45, 2.75) is 0 Å². The van der Waals surface area contributed by atoms with Gasteiger partial charge >= 0.3 is 10.3 Å². The van der Waals surface area contributed by atoms with Crippen molar-refractivity contribution in [3.63, 3.8) is 0 Å². The van der Waals surface area contributed by atoms with Gasteiger partial charge in [-0.05, 0) is 12.1 Å². The molecule has 1 aromatic carbocycles. The van der Waals surface area contributed by atoms with Crippen LogP contribution in [0, 0.1) is 0 Å². The summed E-state index contributed by atoms with van der Waals surface area (Å²) in [5, 5.41) is 4.81. The summed E-state index contributed by atoms with van der Waals surface area (Å²) in [5.74, 6) is -0.159. The molecule has 0 aliphatic rings. The Morgan fingerprint density at radius 2 is 1.69 bits per heavy atom. The van der Waals surface area contributed by atoms with Crippen LogP contribution < -0.4 is 9.32 Å². The molecule has 7 heteroatoms. The molecular formula is C6H5Cl2NO3S. The summed E-state index contributed by atoms with van der Waals surface area (Å²) < 4.78 is 25.4. The first-order valence-electron chi connectivity index (χ1n) is 3.06. The van der Waals surface area contributed by atoms with E-state index in [9.17, 15) is 8.42 Å². The first-order chi connectivity index (χ1) is 5.90. The lowest BCUT2D eigenvalue weighted by Gasteiger charge is -2.05. The average molecular weight is 242 g/mol. The fourth-order valence-corrected chi connectivity index (χ4v) is 1.66.